The number of nitrogens with zero attached hydrogens (tertiary/aromatic N) is 1. The van der Waals surface area contributed by atoms with Crippen LogP contribution in [0.1, 0.15) is 26.7 Å². The zero-order chi connectivity index (χ0) is 11.1. The Hall–Kier alpha value is -0.0400. The summed E-state index contributed by atoms with van der Waals surface area (Å²) in [5.41, 5.74) is 0. The first-order chi connectivity index (χ1) is 7.27. The van der Waals surface area contributed by atoms with E-state index in [2.05, 4.69) is 29.5 Å². The van der Waals surface area contributed by atoms with Gasteiger partial charge in [0.2, 0.25) is 0 Å². The van der Waals surface area contributed by atoms with Gasteiger partial charge in [-0.3, -0.25) is 4.99 Å². The van der Waals surface area contributed by atoms with Crippen LogP contribution in [0.4, 0.5) is 0 Å². The first-order valence-electron chi connectivity index (χ1n) is 5.81. The highest BCUT2D eigenvalue weighted by molar-refractivity contribution is 14.0. The maximum Gasteiger partial charge on any atom is 0.191 e. The average Bonchev–Trinajstić information content (AvgIpc) is 2.89. The van der Waals surface area contributed by atoms with Gasteiger partial charge in [-0.1, -0.05) is 6.92 Å². The molecule has 0 aliphatic heterocycles. The van der Waals surface area contributed by atoms with Gasteiger partial charge in [-0.25, -0.2) is 0 Å². The Kier molecular flexibility index (Phi) is 9.02. The molecule has 1 rings (SSSR count). The van der Waals surface area contributed by atoms with Crippen LogP contribution in [-0.4, -0.2) is 38.8 Å². The molecule has 0 heterocycles. The summed E-state index contributed by atoms with van der Waals surface area (Å²) in [4.78, 5) is 4.48. The number of hydrogen-bond acceptors (Lipinski definition) is 2. The summed E-state index contributed by atoms with van der Waals surface area (Å²) >= 11 is 0. The first-order valence-corrected chi connectivity index (χ1v) is 5.81. The molecule has 2 unspecified atom stereocenters. The molecular formula is C11H24IN3O. The van der Waals surface area contributed by atoms with E-state index in [-0.39, 0.29) is 24.0 Å². The lowest BCUT2D eigenvalue weighted by atomic mass is 10.4. The van der Waals surface area contributed by atoms with Gasteiger partial charge in [-0.15, -0.1) is 24.0 Å². The zero-order valence-electron chi connectivity index (χ0n) is 10.5. The molecule has 0 spiro atoms. The molecule has 1 aliphatic rings. The second-order valence-corrected chi connectivity index (χ2v) is 4.07. The molecule has 16 heavy (non-hydrogen) atoms. The van der Waals surface area contributed by atoms with Crippen LogP contribution < -0.4 is 10.6 Å². The van der Waals surface area contributed by atoms with Gasteiger partial charge in [-0.2, -0.15) is 0 Å². The predicted molar refractivity (Wildman–Crippen MR) is 78.6 cm³/mol. The molecule has 1 aliphatic carbocycles. The highest BCUT2D eigenvalue weighted by Gasteiger charge is 2.33. The van der Waals surface area contributed by atoms with E-state index in [0.717, 1.165) is 38.0 Å². The minimum Gasteiger partial charge on any atom is -0.385 e. The Morgan fingerprint density at radius 3 is 2.69 bits per heavy atom. The van der Waals surface area contributed by atoms with Crippen molar-refractivity contribution in [2.24, 2.45) is 10.9 Å². The third-order valence-electron chi connectivity index (χ3n) is 2.55. The summed E-state index contributed by atoms with van der Waals surface area (Å²) in [6.07, 6.45) is 2.25. The standard InChI is InChI=1S/C11H23N3O.HI/c1-4-12-11(13-6-5-7-15-3)14-10-8-9(10)2;/h9-10H,4-8H2,1-3H3,(H2,12,13,14);1H. The number of nitrogens with one attached hydrogen (secondary N) is 2. The molecule has 96 valence electrons. The number of aliphatic imine (C=N–C) groups is 1. The van der Waals surface area contributed by atoms with Gasteiger partial charge in [0.05, 0.1) is 0 Å². The average molecular weight is 341 g/mol. The third kappa shape index (κ3) is 6.52. The largest absolute Gasteiger partial charge is 0.385 e. The molecule has 0 radical (unpaired) electrons. The van der Waals surface area contributed by atoms with Crippen molar-refractivity contribution in [1.29, 1.82) is 0 Å². The van der Waals surface area contributed by atoms with E-state index in [9.17, 15) is 0 Å². The Labute approximate surface area is 116 Å². The summed E-state index contributed by atoms with van der Waals surface area (Å²) in [6.45, 7) is 6.86. The molecule has 0 saturated heterocycles. The Morgan fingerprint density at radius 2 is 2.19 bits per heavy atom. The van der Waals surface area contributed by atoms with Crippen LogP contribution in [0.25, 0.3) is 0 Å². The molecule has 1 saturated carbocycles. The van der Waals surface area contributed by atoms with E-state index in [1.165, 1.54) is 6.42 Å². The normalized spacial score (nSPS) is 23.6. The molecule has 0 aromatic rings. The summed E-state index contributed by atoms with van der Waals surface area (Å²) in [6, 6.07) is 0.630. The summed E-state index contributed by atoms with van der Waals surface area (Å²) in [5.74, 6) is 1.75. The molecular weight excluding hydrogens is 317 g/mol. The molecule has 2 atom stereocenters. The fourth-order valence-corrected chi connectivity index (χ4v) is 1.42. The van der Waals surface area contributed by atoms with Crippen LogP contribution in [-0.2, 0) is 4.74 Å². The highest BCUT2D eigenvalue weighted by Crippen LogP contribution is 2.28. The van der Waals surface area contributed by atoms with E-state index in [0.29, 0.717) is 6.04 Å². The number of methoxy groups -OCH3 is 1. The van der Waals surface area contributed by atoms with Gasteiger partial charge < -0.3 is 15.4 Å². The molecule has 5 heteroatoms. The predicted octanol–water partition coefficient (Wildman–Crippen LogP) is 1.60. The monoisotopic (exact) mass is 341 g/mol. The maximum atomic E-state index is 4.98. The topological polar surface area (TPSA) is 45.7 Å². The SMILES string of the molecule is CCNC(=NCCCOC)NC1CC1C.I. The summed E-state index contributed by atoms with van der Waals surface area (Å²) in [5, 5.41) is 6.67. The van der Waals surface area contributed by atoms with Crippen molar-refractivity contribution in [2.45, 2.75) is 32.7 Å². The van der Waals surface area contributed by atoms with E-state index < -0.39 is 0 Å². The summed E-state index contributed by atoms with van der Waals surface area (Å²) in [7, 11) is 1.72. The Bertz CT molecular complexity index is 211. The van der Waals surface area contributed by atoms with Gasteiger partial charge in [0.15, 0.2) is 5.96 Å². The van der Waals surface area contributed by atoms with Crippen LogP contribution in [0.2, 0.25) is 0 Å². The number of halogens is 1. The molecule has 0 amide bonds. The van der Waals surface area contributed by atoms with Crippen LogP contribution in [0, 0.1) is 5.92 Å². The van der Waals surface area contributed by atoms with Crippen molar-refractivity contribution >= 4 is 29.9 Å². The maximum absolute atomic E-state index is 4.98. The van der Waals surface area contributed by atoms with Gasteiger partial charge in [0.1, 0.15) is 0 Å². The quantitative estimate of drug-likeness (QED) is 0.334. The lowest BCUT2D eigenvalue weighted by molar-refractivity contribution is 0.197. The zero-order valence-corrected chi connectivity index (χ0v) is 12.8. The molecule has 1 fully saturated rings. The van der Waals surface area contributed by atoms with Crippen LogP contribution in [0.3, 0.4) is 0 Å². The first kappa shape index (κ1) is 16.0. The fourth-order valence-electron chi connectivity index (χ4n) is 1.42. The lowest BCUT2D eigenvalue weighted by Crippen LogP contribution is -2.39. The lowest BCUT2D eigenvalue weighted by Gasteiger charge is -2.10. The van der Waals surface area contributed by atoms with E-state index in [4.69, 9.17) is 4.74 Å². The van der Waals surface area contributed by atoms with E-state index >= 15 is 0 Å². The van der Waals surface area contributed by atoms with Crippen molar-refractivity contribution in [1.82, 2.24) is 10.6 Å². The van der Waals surface area contributed by atoms with E-state index in [1.54, 1.807) is 7.11 Å². The molecule has 0 bridgehead atoms. The number of guanidine groups is 1. The summed E-state index contributed by atoms with van der Waals surface area (Å²) < 4.78 is 4.98. The third-order valence-corrected chi connectivity index (χ3v) is 2.55. The van der Waals surface area contributed by atoms with Crippen molar-refractivity contribution in [3.63, 3.8) is 0 Å². The van der Waals surface area contributed by atoms with Crippen LogP contribution in [0.5, 0.6) is 0 Å². The van der Waals surface area contributed by atoms with E-state index in [1.807, 2.05) is 0 Å². The fraction of sp³-hybridized carbons (Fsp3) is 0.909. The van der Waals surface area contributed by atoms with Crippen molar-refractivity contribution in [3.8, 4) is 0 Å². The van der Waals surface area contributed by atoms with Crippen molar-refractivity contribution in [3.05, 3.63) is 0 Å². The smallest absolute Gasteiger partial charge is 0.191 e. The molecule has 4 nitrogen and oxygen atoms in total. The minimum atomic E-state index is 0. The number of ether oxygens (including phenoxy) is 1. The van der Waals surface area contributed by atoms with Gasteiger partial charge in [-0.05, 0) is 25.7 Å². The minimum absolute atomic E-state index is 0. The molecule has 2 N–H and O–H groups in total. The van der Waals surface area contributed by atoms with Crippen molar-refractivity contribution in [2.75, 3.05) is 26.8 Å². The molecule has 0 aromatic heterocycles. The van der Waals surface area contributed by atoms with Crippen LogP contribution in [0.15, 0.2) is 4.99 Å². The highest BCUT2D eigenvalue weighted by atomic mass is 127. The van der Waals surface area contributed by atoms with Gasteiger partial charge in [0, 0.05) is 32.8 Å². The second kappa shape index (κ2) is 9.04. The Morgan fingerprint density at radius 1 is 1.50 bits per heavy atom. The second-order valence-electron chi connectivity index (χ2n) is 4.07. The number of rotatable bonds is 6. The van der Waals surface area contributed by atoms with Gasteiger partial charge in [0.25, 0.3) is 0 Å². The van der Waals surface area contributed by atoms with Crippen LogP contribution >= 0.6 is 24.0 Å². The molecule has 0 aromatic carbocycles. The Balaban J connectivity index is 0.00000225. The number of hydrogen-bond donors (Lipinski definition) is 2. The van der Waals surface area contributed by atoms with Gasteiger partial charge >= 0.3 is 0 Å². The van der Waals surface area contributed by atoms with Crippen molar-refractivity contribution < 1.29 is 4.74 Å².